The van der Waals surface area contributed by atoms with Crippen LogP contribution in [0.3, 0.4) is 0 Å². The Kier molecular flexibility index (Phi) is 2.87. The summed E-state index contributed by atoms with van der Waals surface area (Å²) < 4.78 is 39.1. The zero-order chi connectivity index (χ0) is 12.6. The second-order valence-corrected chi connectivity index (χ2v) is 3.93. The lowest BCUT2D eigenvalue weighted by molar-refractivity contribution is -0.137. The summed E-state index contributed by atoms with van der Waals surface area (Å²) in [5.41, 5.74) is -0.316. The molecule has 0 radical (unpaired) electrons. The normalized spacial score (nSPS) is 11.8. The molecule has 0 amide bonds. The molecule has 2 nitrogen and oxygen atoms in total. The summed E-state index contributed by atoms with van der Waals surface area (Å²) in [6.07, 6.45) is -2.96. The zero-order valence-corrected chi connectivity index (χ0v) is 9.55. The van der Waals surface area contributed by atoms with E-state index in [1.54, 1.807) is 13.1 Å². The summed E-state index contributed by atoms with van der Waals surface area (Å²) in [5.74, 6) is 0.404. The third-order valence-electron chi connectivity index (χ3n) is 2.38. The minimum atomic E-state index is -4.36. The predicted molar refractivity (Wildman–Crippen MR) is 58.7 cm³/mol. The maximum Gasteiger partial charge on any atom is 0.416 e. The van der Waals surface area contributed by atoms with E-state index in [1.165, 1.54) is 16.8 Å². The number of nitrogens with zero attached hydrogens (tertiary/aromatic N) is 2. The van der Waals surface area contributed by atoms with Crippen molar-refractivity contribution in [2.75, 3.05) is 0 Å². The molecule has 0 spiro atoms. The van der Waals surface area contributed by atoms with Crippen molar-refractivity contribution in [1.29, 1.82) is 0 Å². The van der Waals surface area contributed by atoms with E-state index in [9.17, 15) is 13.2 Å². The molecule has 17 heavy (non-hydrogen) atoms. The van der Waals surface area contributed by atoms with Crippen LogP contribution >= 0.6 is 11.6 Å². The maximum atomic E-state index is 12.5. The third kappa shape index (κ3) is 2.29. The fraction of sp³-hybridized carbons (Fsp3) is 0.182. The quantitative estimate of drug-likeness (QED) is 0.763. The number of rotatable bonds is 1. The fourth-order valence-corrected chi connectivity index (χ4v) is 1.62. The van der Waals surface area contributed by atoms with Gasteiger partial charge in [0, 0.05) is 12.6 Å². The van der Waals surface area contributed by atoms with E-state index in [1.807, 2.05) is 0 Å². The highest BCUT2D eigenvalue weighted by molar-refractivity contribution is 6.29. The number of hydrogen-bond acceptors (Lipinski definition) is 1. The average molecular weight is 261 g/mol. The van der Waals surface area contributed by atoms with E-state index >= 15 is 0 Å². The standard InChI is InChI=1S/C11H8ClF3N2/c1-17-9(12)6-16-10(17)7-3-2-4-8(5-7)11(13,14)15/h2-6H,1H3. The molecule has 2 aromatic rings. The highest BCUT2D eigenvalue weighted by atomic mass is 35.5. The van der Waals surface area contributed by atoms with Crippen LogP contribution in [0.1, 0.15) is 5.56 Å². The van der Waals surface area contributed by atoms with Crippen molar-refractivity contribution in [2.45, 2.75) is 6.18 Å². The Balaban J connectivity index is 2.51. The summed E-state index contributed by atoms with van der Waals surface area (Å²) in [6, 6.07) is 4.99. The van der Waals surface area contributed by atoms with Crippen LogP contribution in [0.4, 0.5) is 13.2 Å². The van der Waals surface area contributed by atoms with Gasteiger partial charge in [0.15, 0.2) is 0 Å². The lowest BCUT2D eigenvalue weighted by Crippen LogP contribution is -2.05. The molecule has 0 fully saturated rings. The first-order valence-corrected chi connectivity index (χ1v) is 5.12. The van der Waals surface area contributed by atoms with Crippen molar-refractivity contribution in [3.8, 4) is 11.4 Å². The van der Waals surface area contributed by atoms with Gasteiger partial charge in [-0.2, -0.15) is 13.2 Å². The van der Waals surface area contributed by atoms with Crippen LogP contribution in [0.5, 0.6) is 0 Å². The Morgan fingerprint density at radius 3 is 2.53 bits per heavy atom. The molecule has 0 unspecified atom stereocenters. The Morgan fingerprint density at radius 2 is 2.00 bits per heavy atom. The Bertz CT molecular complexity index is 546. The highest BCUT2D eigenvalue weighted by Gasteiger charge is 2.30. The molecule has 6 heteroatoms. The van der Waals surface area contributed by atoms with Gasteiger partial charge in [-0.3, -0.25) is 0 Å². The van der Waals surface area contributed by atoms with Gasteiger partial charge in [-0.1, -0.05) is 23.7 Å². The van der Waals surface area contributed by atoms with Crippen LogP contribution in [0.25, 0.3) is 11.4 Å². The molecule has 0 saturated heterocycles. The molecule has 0 aliphatic heterocycles. The zero-order valence-electron chi connectivity index (χ0n) is 8.79. The van der Waals surface area contributed by atoms with Gasteiger partial charge in [-0.15, -0.1) is 0 Å². The van der Waals surface area contributed by atoms with Gasteiger partial charge in [-0.05, 0) is 12.1 Å². The molecular weight excluding hydrogens is 253 g/mol. The van der Waals surface area contributed by atoms with Crippen LogP contribution in [-0.4, -0.2) is 9.55 Å². The molecule has 0 N–H and O–H groups in total. The summed E-state index contributed by atoms with van der Waals surface area (Å²) >= 11 is 5.79. The molecule has 1 aromatic heterocycles. The smallest absolute Gasteiger partial charge is 0.318 e. The lowest BCUT2D eigenvalue weighted by Gasteiger charge is -2.08. The highest BCUT2D eigenvalue weighted by Crippen LogP contribution is 2.32. The SMILES string of the molecule is Cn1c(Cl)cnc1-c1cccc(C(F)(F)F)c1. The molecule has 0 aliphatic rings. The van der Waals surface area contributed by atoms with E-state index in [2.05, 4.69) is 4.98 Å². The monoisotopic (exact) mass is 260 g/mol. The molecule has 0 saturated carbocycles. The molecule has 1 aromatic carbocycles. The van der Waals surface area contributed by atoms with E-state index < -0.39 is 11.7 Å². The summed E-state index contributed by atoms with van der Waals surface area (Å²) in [7, 11) is 1.64. The van der Waals surface area contributed by atoms with E-state index in [-0.39, 0.29) is 0 Å². The van der Waals surface area contributed by atoms with Crippen molar-refractivity contribution in [2.24, 2.45) is 7.05 Å². The number of imidazole rings is 1. The van der Waals surface area contributed by atoms with Crippen molar-refractivity contribution in [3.63, 3.8) is 0 Å². The average Bonchev–Trinajstić information content (AvgIpc) is 2.59. The van der Waals surface area contributed by atoms with Crippen molar-refractivity contribution in [1.82, 2.24) is 9.55 Å². The van der Waals surface area contributed by atoms with Crippen LogP contribution in [-0.2, 0) is 13.2 Å². The first-order chi connectivity index (χ1) is 7.89. The van der Waals surface area contributed by atoms with Gasteiger partial charge >= 0.3 is 6.18 Å². The number of benzene rings is 1. The van der Waals surface area contributed by atoms with Crippen molar-refractivity contribution in [3.05, 3.63) is 41.2 Å². The van der Waals surface area contributed by atoms with Gasteiger partial charge in [0.05, 0.1) is 11.8 Å². The minimum Gasteiger partial charge on any atom is -0.318 e. The van der Waals surface area contributed by atoms with Gasteiger partial charge < -0.3 is 4.57 Å². The Hall–Kier alpha value is -1.49. The van der Waals surface area contributed by atoms with Crippen molar-refractivity contribution >= 4 is 11.6 Å². The Morgan fingerprint density at radius 1 is 1.29 bits per heavy atom. The fourth-order valence-electron chi connectivity index (χ4n) is 1.49. The summed E-state index contributed by atoms with van der Waals surface area (Å²) in [5, 5.41) is 0.373. The number of hydrogen-bond donors (Lipinski definition) is 0. The van der Waals surface area contributed by atoms with E-state index in [0.717, 1.165) is 12.1 Å². The van der Waals surface area contributed by atoms with Crippen LogP contribution in [0, 0.1) is 0 Å². The van der Waals surface area contributed by atoms with E-state index in [4.69, 9.17) is 11.6 Å². The van der Waals surface area contributed by atoms with Gasteiger partial charge in [0.25, 0.3) is 0 Å². The lowest BCUT2D eigenvalue weighted by atomic mass is 10.1. The number of alkyl halides is 3. The molecule has 0 atom stereocenters. The molecule has 0 aliphatic carbocycles. The minimum absolute atomic E-state index is 0.373. The number of aromatic nitrogens is 2. The van der Waals surface area contributed by atoms with Gasteiger partial charge in [0.1, 0.15) is 11.0 Å². The molecule has 1 heterocycles. The molecular formula is C11H8ClF3N2. The topological polar surface area (TPSA) is 17.8 Å². The van der Waals surface area contributed by atoms with E-state index in [0.29, 0.717) is 16.5 Å². The van der Waals surface area contributed by atoms with Crippen LogP contribution in [0.15, 0.2) is 30.5 Å². The molecule has 0 bridgehead atoms. The van der Waals surface area contributed by atoms with Gasteiger partial charge in [0.2, 0.25) is 0 Å². The number of halogens is 4. The Labute approximate surface area is 101 Å². The predicted octanol–water partition coefficient (Wildman–Crippen LogP) is 3.76. The molecule has 2 rings (SSSR count). The summed E-state index contributed by atoms with van der Waals surface area (Å²) in [6.45, 7) is 0. The van der Waals surface area contributed by atoms with Gasteiger partial charge in [-0.25, -0.2) is 4.98 Å². The molecule has 90 valence electrons. The third-order valence-corrected chi connectivity index (χ3v) is 2.73. The van der Waals surface area contributed by atoms with Crippen molar-refractivity contribution < 1.29 is 13.2 Å². The maximum absolute atomic E-state index is 12.5. The first-order valence-electron chi connectivity index (χ1n) is 4.74. The largest absolute Gasteiger partial charge is 0.416 e. The first kappa shape index (κ1) is 12.0. The van der Waals surface area contributed by atoms with Crippen LogP contribution in [0.2, 0.25) is 5.15 Å². The van der Waals surface area contributed by atoms with Crippen LogP contribution < -0.4 is 0 Å². The summed E-state index contributed by atoms with van der Waals surface area (Å²) in [4.78, 5) is 3.97. The second kappa shape index (κ2) is 4.07. The second-order valence-electron chi connectivity index (χ2n) is 3.54.